The second-order valence-electron chi connectivity index (χ2n) is 5.53. The summed E-state index contributed by atoms with van der Waals surface area (Å²) < 4.78 is 40.8. The van der Waals surface area contributed by atoms with E-state index in [4.69, 9.17) is 4.74 Å². The van der Waals surface area contributed by atoms with Crippen LogP contribution in [0, 0.1) is 0 Å². The van der Waals surface area contributed by atoms with E-state index in [1.807, 2.05) is 7.05 Å². The molecular weight excluding hydrogens is 279 g/mol. The molecule has 1 unspecified atom stereocenters. The zero-order chi connectivity index (χ0) is 15.3. The summed E-state index contributed by atoms with van der Waals surface area (Å²) in [7, 11) is 1.83. The summed E-state index contributed by atoms with van der Waals surface area (Å²) in [5.41, 5.74) is 3.93. The lowest BCUT2D eigenvalue weighted by Gasteiger charge is -2.21. The van der Waals surface area contributed by atoms with Gasteiger partial charge in [0.05, 0.1) is 0 Å². The molecule has 1 aliphatic carbocycles. The molecule has 21 heavy (non-hydrogen) atoms. The van der Waals surface area contributed by atoms with Crippen molar-refractivity contribution in [2.45, 2.75) is 44.3 Å². The van der Waals surface area contributed by atoms with Crippen LogP contribution in [0.4, 0.5) is 13.2 Å². The summed E-state index contributed by atoms with van der Waals surface area (Å²) in [6.45, 7) is -1.07. The fraction of sp³-hybridized carbons (Fsp3) is 0.625. The molecule has 0 saturated carbocycles. The molecule has 0 aromatic heterocycles. The normalized spacial score (nSPS) is 16.6. The van der Waals surface area contributed by atoms with Gasteiger partial charge in [-0.15, -0.1) is 0 Å². The summed E-state index contributed by atoms with van der Waals surface area (Å²) in [6, 6.07) is 6.46. The van der Waals surface area contributed by atoms with Gasteiger partial charge in [0.1, 0.15) is 6.61 Å². The third-order valence-electron chi connectivity index (χ3n) is 3.94. The van der Waals surface area contributed by atoms with Gasteiger partial charge in [-0.2, -0.15) is 13.2 Å². The molecular formula is C16H22F3NO. The number of benzene rings is 1. The molecule has 1 N–H and O–H groups in total. The zero-order valence-electron chi connectivity index (χ0n) is 12.3. The lowest BCUT2D eigenvalue weighted by atomic mass is 9.89. The molecule has 0 amide bonds. The van der Waals surface area contributed by atoms with Gasteiger partial charge in [0.25, 0.3) is 0 Å². The topological polar surface area (TPSA) is 21.3 Å². The molecule has 0 saturated heterocycles. The lowest BCUT2D eigenvalue weighted by Crippen LogP contribution is -2.22. The Balaban J connectivity index is 1.91. The van der Waals surface area contributed by atoms with Crippen LogP contribution in [0.1, 0.15) is 42.0 Å². The summed E-state index contributed by atoms with van der Waals surface area (Å²) >= 11 is 0. The Labute approximate surface area is 123 Å². The first kappa shape index (κ1) is 16.3. The van der Waals surface area contributed by atoms with E-state index < -0.39 is 12.8 Å². The first-order chi connectivity index (χ1) is 9.99. The van der Waals surface area contributed by atoms with E-state index in [1.54, 1.807) is 0 Å². The average Bonchev–Trinajstić information content (AvgIpc) is 2.46. The zero-order valence-corrected chi connectivity index (χ0v) is 12.3. The molecule has 2 rings (SSSR count). The van der Waals surface area contributed by atoms with Gasteiger partial charge in [-0.05, 0) is 55.8 Å². The smallest absolute Gasteiger partial charge is 0.372 e. The van der Waals surface area contributed by atoms with Crippen LogP contribution in [0.3, 0.4) is 0 Å². The monoisotopic (exact) mass is 301 g/mol. The van der Waals surface area contributed by atoms with Crippen molar-refractivity contribution in [2.75, 3.05) is 20.3 Å². The van der Waals surface area contributed by atoms with Crippen LogP contribution in [0.15, 0.2) is 18.2 Å². The Morgan fingerprint density at radius 3 is 2.57 bits per heavy atom. The highest BCUT2D eigenvalue weighted by molar-refractivity contribution is 5.35. The highest BCUT2D eigenvalue weighted by Gasteiger charge is 2.27. The van der Waals surface area contributed by atoms with E-state index in [1.165, 1.54) is 24.0 Å². The van der Waals surface area contributed by atoms with E-state index in [-0.39, 0.29) is 12.6 Å². The number of ether oxygens (including phenoxy) is 1. The molecule has 0 aliphatic heterocycles. The molecule has 0 bridgehead atoms. The first-order valence-corrected chi connectivity index (χ1v) is 7.43. The SMILES string of the molecule is CNC(CCOCC(F)(F)F)c1ccc2c(c1)CCCC2. The fourth-order valence-corrected chi connectivity index (χ4v) is 2.84. The average molecular weight is 301 g/mol. The van der Waals surface area contributed by atoms with Gasteiger partial charge in [0.15, 0.2) is 0 Å². The van der Waals surface area contributed by atoms with Crippen LogP contribution in [0.25, 0.3) is 0 Å². The van der Waals surface area contributed by atoms with Gasteiger partial charge in [0, 0.05) is 12.6 Å². The summed E-state index contributed by atoms with van der Waals surface area (Å²) in [5.74, 6) is 0. The molecule has 0 heterocycles. The van der Waals surface area contributed by atoms with Gasteiger partial charge in [0.2, 0.25) is 0 Å². The van der Waals surface area contributed by atoms with E-state index >= 15 is 0 Å². The maximum atomic E-state index is 12.0. The maximum Gasteiger partial charge on any atom is 0.411 e. The quantitative estimate of drug-likeness (QED) is 0.807. The minimum Gasteiger partial charge on any atom is -0.372 e. The number of hydrogen-bond donors (Lipinski definition) is 1. The Morgan fingerprint density at radius 2 is 1.90 bits per heavy atom. The van der Waals surface area contributed by atoms with Crippen molar-refractivity contribution in [3.8, 4) is 0 Å². The first-order valence-electron chi connectivity index (χ1n) is 7.43. The van der Waals surface area contributed by atoms with E-state index in [2.05, 4.69) is 23.5 Å². The Bertz CT molecular complexity index is 459. The molecule has 1 atom stereocenters. The summed E-state index contributed by atoms with van der Waals surface area (Å²) in [5, 5.41) is 3.16. The third kappa shape index (κ3) is 5.00. The van der Waals surface area contributed by atoms with Crippen molar-refractivity contribution in [3.05, 3.63) is 34.9 Å². The highest BCUT2D eigenvalue weighted by Crippen LogP contribution is 2.26. The van der Waals surface area contributed by atoms with Gasteiger partial charge in [-0.1, -0.05) is 18.2 Å². The Hall–Kier alpha value is -1.07. The third-order valence-corrected chi connectivity index (χ3v) is 3.94. The second-order valence-corrected chi connectivity index (χ2v) is 5.53. The number of rotatable bonds is 6. The molecule has 0 radical (unpaired) electrons. The number of alkyl halides is 3. The molecule has 1 aliphatic rings. The van der Waals surface area contributed by atoms with Crippen LogP contribution >= 0.6 is 0 Å². The predicted octanol–water partition coefficient (Wildman–Crippen LogP) is 3.79. The van der Waals surface area contributed by atoms with Crippen molar-refractivity contribution in [2.24, 2.45) is 0 Å². The van der Waals surface area contributed by atoms with Crippen LogP contribution in [-0.4, -0.2) is 26.4 Å². The van der Waals surface area contributed by atoms with Gasteiger partial charge in [-0.3, -0.25) is 0 Å². The van der Waals surface area contributed by atoms with Crippen LogP contribution in [0.2, 0.25) is 0 Å². The molecule has 0 fully saturated rings. The largest absolute Gasteiger partial charge is 0.411 e. The summed E-state index contributed by atoms with van der Waals surface area (Å²) in [4.78, 5) is 0. The van der Waals surface area contributed by atoms with Gasteiger partial charge >= 0.3 is 6.18 Å². The molecule has 118 valence electrons. The summed E-state index contributed by atoms with van der Waals surface area (Å²) in [6.07, 6.45) is 0.980. The highest BCUT2D eigenvalue weighted by atomic mass is 19.4. The van der Waals surface area contributed by atoms with Crippen molar-refractivity contribution in [1.82, 2.24) is 5.32 Å². The standard InChI is InChI=1S/C16H22F3NO/c1-20-15(8-9-21-11-16(17,18)19)14-7-6-12-4-2-3-5-13(12)10-14/h6-7,10,15,20H,2-5,8-9,11H2,1H3. The molecule has 1 aromatic rings. The van der Waals surface area contributed by atoms with E-state index in [0.717, 1.165) is 18.4 Å². The maximum absolute atomic E-state index is 12.0. The fourth-order valence-electron chi connectivity index (χ4n) is 2.84. The number of halogens is 3. The predicted molar refractivity (Wildman–Crippen MR) is 76.4 cm³/mol. The number of aryl methyl sites for hydroxylation is 2. The van der Waals surface area contributed by atoms with E-state index in [0.29, 0.717) is 6.42 Å². The second kappa shape index (κ2) is 7.27. The molecule has 0 spiro atoms. The van der Waals surface area contributed by atoms with E-state index in [9.17, 15) is 13.2 Å². The number of hydrogen-bond acceptors (Lipinski definition) is 2. The number of nitrogens with one attached hydrogen (secondary N) is 1. The minimum atomic E-state index is -4.25. The van der Waals surface area contributed by atoms with Crippen molar-refractivity contribution < 1.29 is 17.9 Å². The van der Waals surface area contributed by atoms with Crippen molar-refractivity contribution in [1.29, 1.82) is 0 Å². The van der Waals surface area contributed by atoms with Crippen molar-refractivity contribution in [3.63, 3.8) is 0 Å². The Morgan fingerprint density at radius 1 is 1.19 bits per heavy atom. The molecule has 2 nitrogen and oxygen atoms in total. The Kier molecular flexibility index (Phi) is 5.65. The van der Waals surface area contributed by atoms with Crippen molar-refractivity contribution >= 4 is 0 Å². The molecule has 5 heteroatoms. The van der Waals surface area contributed by atoms with Crippen LogP contribution in [0.5, 0.6) is 0 Å². The molecule has 1 aromatic carbocycles. The van der Waals surface area contributed by atoms with Gasteiger partial charge in [-0.25, -0.2) is 0 Å². The van der Waals surface area contributed by atoms with Crippen LogP contribution < -0.4 is 5.32 Å². The van der Waals surface area contributed by atoms with Gasteiger partial charge < -0.3 is 10.1 Å². The minimum absolute atomic E-state index is 0.0328. The lowest BCUT2D eigenvalue weighted by molar-refractivity contribution is -0.174. The number of fused-ring (bicyclic) bond motifs is 1. The van der Waals surface area contributed by atoms with Crippen LogP contribution in [-0.2, 0) is 17.6 Å².